The molecule has 2 heterocycles. The summed E-state index contributed by atoms with van der Waals surface area (Å²) in [5.74, 6) is 0. The standard InChI is InChI=1S/C17H19N2.C5H5N.2BrH.Pd/c1-14(2)19-13-18(12-15-8-4-3-5-9-15)16-10-6-7-11-17(16)19;1-2-4-6-5-3-1;;;/h3-11,13-14H,12H2,1-2H3;1-5H;2*1H;/q-1;;;;+2/p-2. The van der Waals surface area contributed by atoms with E-state index in [0.29, 0.717) is 20.0 Å². The van der Waals surface area contributed by atoms with Gasteiger partial charge in [0.05, 0.1) is 0 Å². The van der Waals surface area contributed by atoms with E-state index in [1.807, 2.05) is 18.2 Å². The smallest absolute Gasteiger partial charge is 0.0267 e. The molecule has 4 rings (SSSR count). The van der Waals surface area contributed by atoms with Crippen molar-refractivity contribution in [2.24, 2.45) is 0 Å². The number of anilines is 2. The zero-order valence-electron chi connectivity index (χ0n) is 15.9. The van der Waals surface area contributed by atoms with Crippen LogP contribution < -0.4 is 9.80 Å². The van der Waals surface area contributed by atoms with Gasteiger partial charge < -0.3 is 9.80 Å². The summed E-state index contributed by atoms with van der Waals surface area (Å²) in [5.41, 5.74) is 3.92. The van der Waals surface area contributed by atoms with Crippen LogP contribution in [-0.2, 0) is 20.5 Å². The van der Waals surface area contributed by atoms with E-state index in [-0.39, 0.29) is 0 Å². The average Bonchev–Trinajstić information content (AvgIpc) is 3.10. The van der Waals surface area contributed by atoms with Gasteiger partial charge in [-0.1, -0.05) is 48.5 Å². The van der Waals surface area contributed by atoms with Gasteiger partial charge in [-0.05, 0) is 49.7 Å². The molecule has 2 aromatic carbocycles. The molecular weight excluding hydrogens is 572 g/mol. The fourth-order valence-electron chi connectivity index (χ4n) is 2.83. The van der Waals surface area contributed by atoms with Gasteiger partial charge in [0.25, 0.3) is 0 Å². The molecule has 0 amide bonds. The maximum absolute atomic E-state index is 3.78. The number of pyridine rings is 1. The topological polar surface area (TPSA) is 19.4 Å². The zero-order chi connectivity index (χ0) is 20.2. The molecule has 0 spiro atoms. The Morgan fingerprint density at radius 2 is 1.39 bits per heavy atom. The third-order valence-electron chi connectivity index (χ3n) is 4.05. The van der Waals surface area contributed by atoms with Gasteiger partial charge in [-0.25, -0.2) is 0 Å². The molecule has 6 heteroatoms. The van der Waals surface area contributed by atoms with Crippen molar-refractivity contribution < 1.29 is 13.9 Å². The Morgan fingerprint density at radius 1 is 0.857 bits per heavy atom. The molecular formula is C22H24Br2N3Pd-. The van der Waals surface area contributed by atoms with E-state index in [9.17, 15) is 0 Å². The van der Waals surface area contributed by atoms with Crippen LogP contribution in [0.1, 0.15) is 19.4 Å². The summed E-state index contributed by atoms with van der Waals surface area (Å²) in [4.78, 5) is 8.44. The molecule has 0 fully saturated rings. The second kappa shape index (κ2) is 13.1. The Morgan fingerprint density at radius 3 is 1.89 bits per heavy atom. The quantitative estimate of drug-likeness (QED) is 0.245. The van der Waals surface area contributed by atoms with Gasteiger partial charge in [-0.2, -0.15) is 6.67 Å². The Hall–Kier alpha value is -1.19. The minimum atomic E-state index is 0.474. The molecule has 3 aromatic rings. The van der Waals surface area contributed by atoms with Gasteiger partial charge >= 0.3 is 40.8 Å². The number of benzene rings is 2. The molecule has 0 radical (unpaired) electrons. The van der Waals surface area contributed by atoms with Crippen molar-refractivity contribution in [1.29, 1.82) is 0 Å². The number of nitrogens with zero attached hydrogens (tertiary/aromatic N) is 3. The number of hydrogen-bond acceptors (Lipinski definition) is 3. The van der Waals surface area contributed by atoms with Crippen molar-refractivity contribution in [3.05, 3.63) is 97.4 Å². The fraction of sp³-hybridized carbons (Fsp3) is 0.182. The summed E-state index contributed by atoms with van der Waals surface area (Å²) < 4.78 is 0. The summed E-state index contributed by atoms with van der Waals surface area (Å²) in [7, 11) is 0. The molecule has 0 atom stereocenters. The SMILES string of the molecule is CC(C)N1[CH-]N(Cc2ccccc2)c2ccccc21.[Br][Pd][Br].c1ccncc1. The number of halogens is 2. The largest absolute Gasteiger partial charge is 0.265 e. The Balaban J connectivity index is 0.000000260. The number of hydrogen-bond donors (Lipinski definition) is 0. The van der Waals surface area contributed by atoms with E-state index in [2.05, 4.69) is 117 Å². The monoisotopic (exact) mass is 594 g/mol. The summed E-state index contributed by atoms with van der Waals surface area (Å²) in [6, 6.07) is 25.4. The third kappa shape index (κ3) is 7.33. The van der Waals surface area contributed by atoms with Crippen molar-refractivity contribution in [1.82, 2.24) is 4.98 Å². The normalized spacial score (nSPS) is 12.0. The number of para-hydroxylation sites is 2. The Bertz CT molecular complexity index is 761. The van der Waals surface area contributed by atoms with Crippen molar-refractivity contribution in [2.45, 2.75) is 26.4 Å². The molecule has 0 bridgehead atoms. The van der Waals surface area contributed by atoms with Gasteiger partial charge in [-0.15, -0.1) is 0 Å². The van der Waals surface area contributed by atoms with Gasteiger partial charge in [-0.3, -0.25) is 4.98 Å². The summed E-state index contributed by atoms with van der Waals surface area (Å²) in [6.45, 7) is 7.59. The number of aromatic nitrogens is 1. The summed E-state index contributed by atoms with van der Waals surface area (Å²) >= 11 is 6.80. The number of fused-ring (bicyclic) bond motifs is 1. The van der Waals surface area contributed by atoms with Crippen LogP contribution in [0.2, 0.25) is 0 Å². The van der Waals surface area contributed by atoms with Crippen LogP contribution in [0.3, 0.4) is 0 Å². The molecule has 28 heavy (non-hydrogen) atoms. The van der Waals surface area contributed by atoms with Crippen molar-refractivity contribution in [3.8, 4) is 0 Å². The third-order valence-corrected chi connectivity index (χ3v) is 4.05. The predicted octanol–water partition coefficient (Wildman–Crippen LogP) is 6.81. The zero-order valence-corrected chi connectivity index (χ0v) is 20.6. The van der Waals surface area contributed by atoms with Gasteiger partial charge in [0.1, 0.15) is 0 Å². The molecule has 152 valence electrons. The summed E-state index contributed by atoms with van der Waals surface area (Å²) in [5, 5.41) is 0. The van der Waals surface area contributed by atoms with E-state index in [1.54, 1.807) is 12.4 Å². The Kier molecular flexibility index (Phi) is 10.8. The molecule has 1 aliphatic heterocycles. The average molecular weight is 597 g/mol. The van der Waals surface area contributed by atoms with Crippen LogP contribution in [0.25, 0.3) is 0 Å². The molecule has 0 saturated carbocycles. The molecule has 1 aromatic heterocycles. The predicted molar refractivity (Wildman–Crippen MR) is 123 cm³/mol. The second-order valence-corrected chi connectivity index (χ2v) is 13.5. The van der Waals surface area contributed by atoms with Crippen molar-refractivity contribution in [3.63, 3.8) is 0 Å². The fourth-order valence-corrected chi connectivity index (χ4v) is 2.83. The van der Waals surface area contributed by atoms with Crippen LogP contribution in [-0.4, -0.2) is 11.0 Å². The van der Waals surface area contributed by atoms with E-state index in [1.165, 1.54) is 16.9 Å². The van der Waals surface area contributed by atoms with E-state index in [0.717, 1.165) is 6.54 Å². The van der Waals surface area contributed by atoms with Crippen LogP contribution in [0.5, 0.6) is 0 Å². The first-order valence-corrected chi connectivity index (χ1v) is 16.0. The molecule has 0 unspecified atom stereocenters. The molecule has 0 aliphatic carbocycles. The van der Waals surface area contributed by atoms with Crippen LogP contribution in [0, 0.1) is 6.67 Å². The molecule has 3 nitrogen and oxygen atoms in total. The van der Waals surface area contributed by atoms with Gasteiger partial charge in [0.15, 0.2) is 0 Å². The number of rotatable bonds is 3. The molecule has 1 aliphatic rings. The second-order valence-electron chi connectivity index (χ2n) is 6.29. The first kappa shape index (κ1) is 23.1. The van der Waals surface area contributed by atoms with Gasteiger partial charge in [0, 0.05) is 30.3 Å². The maximum atomic E-state index is 3.78. The van der Waals surface area contributed by atoms with E-state index >= 15 is 0 Å². The van der Waals surface area contributed by atoms with Crippen LogP contribution in [0.15, 0.2) is 85.2 Å². The van der Waals surface area contributed by atoms with E-state index in [4.69, 9.17) is 0 Å². The molecule has 0 saturated heterocycles. The van der Waals surface area contributed by atoms with Gasteiger partial charge in [0.2, 0.25) is 0 Å². The first-order valence-electron chi connectivity index (χ1n) is 8.87. The van der Waals surface area contributed by atoms with Crippen LogP contribution in [0.4, 0.5) is 11.4 Å². The van der Waals surface area contributed by atoms with Crippen LogP contribution >= 0.6 is 26.9 Å². The maximum Gasteiger partial charge on any atom is 0.0267 e. The van der Waals surface area contributed by atoms with Crippen molar-refractivity contribution in [2.75, 3.05) is 9.80 Å². The minimum Gasteiger partial charge on any atom is -0.265 e. The van der Waals surface area contributed by atoms with Crippen molar-refractivity contribution >= 4 is 38.2 Å². The summed E-state index contributed by atoms with van der Waals surface area (Å²) in [6.07, 6.45) is 3.50. The molecule has 0 N–H and O–H groups in total. The first-order chi connectivity index (χ1) is 13.7. The minimum absolute atomic E-state index is 0.474. The van der Waals surface area contributed by atoms with E-state index < -0.39 is 0 Å². The Labute approximate surface area is 189 Å².